The molecular weight excluding hydrogens is 393 g/mol. The fourth-order valence-electron chi connectivity index (χ4n) is 4.13. The molecular formula is C21H20FN3O3S. The van der Waals surface area contributed by atoms with E-state index >= 15 is 0 Å². The molecule has 5 rings (SSSR count). The molecule has 2 aliphatic rings. The van der Waals surface area contributed by atoms with Crippen LogP contribution >= 0.6 is 11.3 Å². The Bertz CT molecular complexity index is 1150. The average Bonchev–Trinajstić information content (AvgIpc) is 3.37. The molecule has 1 aromatic carbocycles. The van der Waals surface area contributed by atoms with Gasteiger partial charge in [0.05, 0.1) is 36.5 Å². The maximum atomic E-state index is 14.0. The summed E-state index contributed by atoms with van der Waals surface area (Å²) in [4.78, 5) is 33.6. The van der Waals surface area contributed by atoms with E-state index in [0.29, 0.717) is 36.3 Å². The first kappa shape index (κ1) is 18.4. The Hall–Kier alpha value is -2.58. The van der Waals surface area contributed by atoms with E-state index in [1.165, 1.54) is 23.5 Å². The quantitative estimate of drug-likeness (QED) is 0.662. The van der Waals surface area contributed by atoms with Crippen LogP contribution in [0.5, 0.6) is 0 Å². The number of amides is 1. The number of hydrogen-bond donors (Lipinski definition) is 0. The van der Waals surface area contributed by atoms with Gasteiger partial charge in [-0.05, 0) is 37.0 Å². The molecule has 0 bridgehead atoms. The number of rotatable bonds is 3. The van der Waals surface area contributed by atoms with Gasteiger partial charge in [-0.1, -0.05) is 12.1 Å². The number of ether oxygens (including phenoxy) is 1. The highest BCUT2D eigenvalue weighted by Crippen LogP contribution is 2.33. The number of fused-ring (bicyclic) bond motifs is 3. The minimum Gasteiger partial charge on any atom is -0.376 e. The minimum absolute atomic E-state index is 0.0446. The van der Waals surface area contributed by atoms with Crippen molar-refractivity contribution in [1.29, 1.82) is 0 Å². The lowest BCUT2D eigenvalue weighted by atomic mass is 10.0. The first-order valence-corrected chi connectivity index (χ1v) is 10.6. The van der Waals surface area contributed by atoms with Crippen molar-refractivity contribution >= 4 is 27.5 Å². The van der Waals surface area contributed by atoms with Crippen LogP contribution in [-0.2, 0) is 24.2 Å². The van der Waals surface area contributed by atoms with Crippen molar-refractivity contribution in [1.82, 2.24) is 14.5 Å². The fraction of sp³-hybridized carbons (Fsp3) is 0.381. The van der Waals surface area contributed by atoms with E-state index in [4.69, 9.17) is 4.74 Å². The maximum absolute atomic E-state index is 14.0. The van der Waals surface area contributed by atoms with Crippen LogP contribution in [0.1, 0.15) is 33.6 Å². The van der Waals surface area contributed by atoms with E-state index in [2.05, 4.69) is 4.98 Å². The monoisotopic (exact) mass is 413 g/mol. The topological polar surface area (TPSA) is 64.4 Å². The molecule has 29 heavy (non-hydrogen) atoms. The summed E-state index contributed by atoms with van der Waals surface area (Å²) in [5.74, 6) is -0.840. The smallest absolute Gasteiger partial charge is 0.262 e. The van der Waals surface area contributed by atoms with Gasteiger partial charge < -0.3 is 9.64 Å². The molecule has 1 fully saturated rings. The number of halogens is 1. The molecule has 2 aromatic heterocycles. The van der Waals surface area contributed by atoms with Crippen molar-refractivity contribution in [2.45, 2.75) is 38.5 Å². The molecule has 1 amide bonds. The van der Waals surface area contributed by atoms with Crippen LogP contribution in [-0.4, -0.2) is 39.6 Å². The van der Waals surface area contributed by atoms with Crippen LogP contribution in [0.3, 0.4) is 0 Å². The second-order valence-corrected chi connectivity index (χ2v) is 8.56. The number of aromatic nitrogens is 2. The lowest BCUT2D eigenvalue weighted by Gasteiger charge is -2.27. The average molecular weight is 413 g/mol. The van der Waals surface area contributed by atoms with Crippen molar-refractivity contribution in [3.8, 4) is 0 Å². The van der Waals surface area contributed by atoms with Gasteiger partial charge in [-0.2, -0.15) is 0 Å². The standard InChI is InChI=1S/C21H20FN3O3S/c22-16-6-2-1-5-14(16)20(26)24-8-7-15-17(11-24)29-19-18(15)21(27)25(12-23-19)10-13-4-3-9-28-13/h1-2,5-6,12-13H,3-4,7-11H2/t13-/m0/s1. The summed E-state index contributed by atoms with van der Waals surface area (Å²) < 4.78 is 21.3. The zero-order valence-electron chi connectivity index (χ0n) is 15.8. The Morgan fingerprint density at radius 2 is 2.21 bits per heavy atom. The second kappa shape index (κ2) is 7.35. The first-order chi connectivity index (χ1) is 14.1. The molecule has 4 heterocycles. The first-order valence-electron chi connectivity index (χ1n) is 9.77. The number of thiophene rings is 1. The Balaban J connectivity index is 1.45. The molecule has 2 aliphatic heterocycles. The van der Waals surface area contributed by atoms with Gasteiger partial charge in [-0.25, -0.2) is 9.37 Å². The summed E-state index contributed by atoms with van der Waals surface area (Å²) in [5, 5.41) is 0.656. The highest BCUT2D eigenvalue weighted by Gasteiger charge is 2.28. The molecule has 0 saturated carbocycles. The normalized spacial score (nSPS) is 18.9. The second-order valence-electron chi connectivity index (χ2n) is 7.48. The Kier molecular flexibility index (Phi) is 4.67. The number of carbonyl (C=O) groups excluding carboxylic acids is 1. The Morgan fingerprint density at radius 3 is 3.00 bits per heavy atom. The maximum Gasteiger partial charge on any atom is 0.262 e. The van der Waals surface area contributed by atoms with E-state index in [1.54, 1.807) is 27.9 Å². The Morgan fingerprint density at radius 1 is 1.34 bits per heavy atom. The largest absolute Gasteiger partial charge is 0.376 e. The molecule has 1 atom stereocenters. The van der Waals surface area contributed by atoms with Gasteiger partial charge in [0, 0.05) is 18.0 Å². The summed E-state index contributed by atoms with van der Waals surface area (Å²) >= 11 is 1.44. The van der Waals surface area contributed by atoms with Gasteiger partial charge >= 0.3 is 0 Å². The highest BCUT2D eigenvalue weighted by atomic mass is 32.1. The van der Waals surface area contributed by atoms with Gasteiger partial charge in [0.25, 0.3) is 11.5 Å². The number of nitrogens with zero attached hydrogens (tertiary/aromatic N) is 3. The van der Waals surface area contributed by atoms with Gasteiger partial charge in [0.15, 0.2) is 0 Å². The predicted molar refractivity (Wildman–Crippen MR) is 108 cm³/mol. The van der Waals surface area contributed by atoms with Crippen molar-refractivity contribution < 1.29 is 13.9 Å². The molecule has 0 unspecified atom stereocenters. The molecule has 0 aliphatic carbocycles. The van der Waals surface area contributed by atoms with Crippen LogP contribution in [0.2, 0.25) is 0 Å². The SMILES string of the molecule is O=C(c1ccccc1F)N1CCc2c(sc3ncn(C[C@@H]4CCCO4)c(=O)c23)C1. The van der Waals surface area contributed by atoms with Crippen LogP contribution in [0.4, 0.5) is 4.39 Å². The fourth-order valence-corrected chi connectivity index (χ4v) is 5.33. The summed E-state index contributed by atoms with van der Waals surface area (Å²) in [6, 6.07) is 6.03. The molecule has 6 nitrogen and oxygen atoms in total. The molecule has 0 N–H and O–H groups in total. The zero-order chi connectivity index (χ0) is 20.0. The molecule has 8 heteroatoms. The molecule has 1 saturated heterocycles. The van der Waals surface area contributed by atoms with Gasteiger partial charge in [-0.3, -0.25) is 14.2 Å². The van der Waals surface area contributed by atoms with E-state index in [9.17, 15) is 14.0 Å². The number of benzene rings is 1. The predicted octanol–water partition coefficient (Wildman–Crippen LogP) is 2.97. The third kappa shape index (κ3) is 3.26. The summed E-state index contributed by atoms with van der Waals surface area (Å²) in [5.41, 5.74) is 1.01. The lowest BCUT2D eigenvalue weighted by molar-refractivity contribution is 0.0732. The van der Waals surface area contributed by atoms with Gasteiger partial charge in [0.1, 0.15) is 10.6 Å². The van der Waals surface area contributed by atoms with Crippen LogP contribution in [0.25, 0.3) is 10.2 Å². The van der Waals surface area contributed by atoms with E-state index < -0.39 is 5.82 Å². The zero-order valence-corrected chi connectivity index (χ0v) is 16.6. The van der Waals surface area contributed by atoms with Crippen LogP contribution in [0, 0.1) is 5.82 Å². The van der Waals surface area contributed by atoms with Crippen LogP contribution in [0.15, 0.2) is 35.4 Å². The Labute approximate surface area is 170 Å². The van der Waals surface area contributed by atoms with Crippen molar-refractivity contribution in [3.05, 3.63) is 62.8 Å². The third-order valence-corrected chi connectivity index (χ3v) is 6.77. The number of hydrogen-bond acceptors (Lipinski definition) is 5. The molecule has 0 radical (unpaired) electrons. The minimum atomic E-state index is -0.515. The molecule has 3 aromatic rings. The molecule has 150 valence electrons. The van der Waals surface area contributed by atoms with Gasteiger partial charge in [0.2, 0.25) is 0 Å². The van der Waals surface area contributed by atoms with Crippen molar-refractivity contribution in [2.75, 3.05) is 13.2 Å². The summed E-state index contributed by atoms with van der Waals surface area (Å²) in [7, 11) is 0. The number of carbonyl (C=O) groups is 1. The third-order valence-electron chi connectivity index (χ3n) is 5.64. The van der Waals surface area contributed by atoms with E-state index in [-0.39, 0.29) is 23.1 Å². The summed E-state index contributed by atoms with van der Waals surface area (Å²) in [6.07, 6.45) is 4.21. The molecule has 0 spiro atoms. The lowest BCUT2D eigenvalue weighted by Crippen LogP contribution is -2.36. The van der Waals surface area contributed by atoms with Gasteiger partial charge in [-0.15, -0.1) is 11.3 Å². The van der Waals surface area contributed by atoms with Crippen molar-refractivity contribution in [2.24, 2.45) is 0 Å². The highest BCUT2D eigenvalue weighted by molar-refractivity contribution is 7.18. The van der Waals surface area contributed by atoms with E-state index in [0.717, 1.165) is 29.9 Å². The van der Waals surface area contributed by atoms with Crippen molar-refractivity contribution in [3.63, 3.8) is 0 Å². The van der Waals surface area contributed by atoms with E-state index in [1.807, 2.05) is 0 Å². The van der Waals surface area contributed by atoms with Crippen LogP contribution < -0.4 is 5.56 Å². The summed E-state index contributed by atoms with van der Waals surface area (Å²) in [6.45, 7) is 2.08.